The Labute approximate surface area is 259 Å². The van der Waals surface area contributed by atoms with Crippen molar-refractivity contribution in [1.29, 1.82) is 0 Å². The van der Waals surface area contributed by atoms with Gasteiger partial charge in [-0.3, -0.25) is 4.79 Å². The number of alkyl carbamates (subject to hydrolysis) is 1. The minimum atomic E-state index is -1.32. The molecule has 0 radical (unpaired) electrons. The zero-order valence-corrected chi connectivity index (χ0v) is 25.2. The monoisotopic (exact) mass is 641 g/mol. The molecule has 1 aliphatic carbocycles. The number of benzene rings is 4. The van der Waals surface area contributed by atoms with Crippen molar-refractivity contribution in [2.75, 3.05) is 19.0 Å². The standard InChI is InChI=1S/C35H32BrNO6/c1-41-34(39)31(37-35(40)42-22-30-27-18-10-8-16-25(27)26-17-9-11-19-28(26)30)29(20-21-36)33(38)43-32(23-12-4-2-5-13-23)24-14-6-3-7-15-24/h2-19,29-32H,20-22H2,1H3,(H,37,40)/t29-,31+/m1/s1. The van der Waals surface area contributed by atoms with Crippen LogP contribution in [0.3, 0.4) is 0 Å². The Bertz CT molecular complexity index is 1480. The second kappa shape index (κ2) is 14.2. The average molecular weight is 643 g/mol. The predicted molar refractivity (Wildman–Crippen MR) is 167 cm³/mol. The summed E-state index contributed by atoms with van der Waals surface area (Å²) in [6, 6.07) is 33.4. The second-order valence-electron chi connectivity index (χ2n) is 10.2. The number of carbonyl (C=O) groups excluding carboxylic acids is 3. The van der Waals surface area contributed by atoms with Gasteiger partial charge in [0.15, 0.2) is 6.10 Å². The van der Waals surface area contributed by atoms with Crippen molar-refractivity contribution >= 4 is 34.0 Å². The SMILES string of the molecule is COC(=O)[C@@H](NC(=O)OCC1c2ccccc2-c2ccccc21)[C@@H](CCBr)C(=O)OC(c1ccccc1)c1ccccc1. The zero-order chi connectivity index (χ0) is 30.2. The molecule has 0 unspecified atom stereocenters. The van der Waals surface area contributed by atoms with Gasteiger partial charge in [-0.05, 0) is 39.8 Å². The number of fused-ring (bicyclic) bond motifs is 3. The molecule has 0 heterocycles. The quantitative estimate of drug-likeness (QED) is 0.110. The molecule has 2 atom stereocenters. The first-order valence-corrected chi connectivity index (χ1v) is 15.2. The first-order valence-electron chi connectivity index (χ1n) is 14.1. The van der Waals surface area contributed by atoms with Crippen LogP contribution in [0.4, 0.5) is 4.79 Å². The maximum absolute atomic E-state index is 13.7. The molecule has 1 aliphatic rings. The third kappa shape index (κ3) is 6.81. The highest BCUT2D eigenvalue weighted by Crippen LogP contribution is 2.44. The van der Waals surface area contributed by atoms with E-state index in [9.17, 15) is 14.4 Å². The molecule has 1 amide bonds. The number of carbonyl (C=O) groups is 3. The van der Waals surface area contributed by atoms with Gasteiger partial charge < -0.3 is 19.5 Å². The van der Waals surface area contributed by atoms with Gasteiger partial charge in [0.1, 0.15) is 12.6 Å². The van der Waals surface area contributed by atoms with Crippen molar-refractivity contribution < 1.29 is 28.6 Å². The summed E-state index contributed by atoms with van der Waals surface area (Å²) in [5.41, 5.74) is 5.89. The first kappa shape index (κ1) is 30.0. The van der Waals surface area contributed by atoms with Gasteiger partial charge >= 0.3 is 18.0 Å². The number of methoxy groups -OCH3 is 1. The third-order valence-corrected chi connectivity index (χ3v) is 8.09. The number of hydrogen-bond acceptors (Lipinski definition) is 6. The van der Waals surface area contributed by atoms with Crippen LogP contribution in [-0.2, 0) is 23.8 Å². The van der Waals surface area contributed by atoms with Crippen molar-refractivity contribution in [3.8, 4) is 11.1 Å². The number of halogens is 1. The normalized spacial score (nSPS) is 13.4. The Kier molecular flexibility index (Phi) is 9.89. The molecule has 5 rings (SSSR count). The third-order valence-electron chi connectivity index (χ3n) is 7.64. The van der Waals surface area contributed by atoms with Gasteiger partial charge in [-0.2, -0.15) is 0 Å². The van der Waals surface area contributed by atoms with Crippen LogP contribution in [0.2, 0.25) is 0 Å². The maximum atomic E-state index is 13.7. The lowest BCUT2D eigenvalue weighted by molar-refractivity contribution is -0.159. The summed E-state index contributed by atoms with van der Waals surface area (Å²) in [5.74, 6) is -2.61. The molecular formula is C35H32BrNO6. The van der Waals surface area contributed by atoms with Crippen LogP contribution in [0, 0.1) is 5.92 Å². The lowest BCUT2D eigenvalue weighted by atomic mass is 9.96. The van der Waals surface area contributed by atoms with Crippen LogP contribution in [0.5, 0.6) is 0 Å². The van der Waals surface area contributed by atoms with Crippen molar-refractivity contribution in [1.82, 2.24) is 5.32 Å². The molecular weight excluding hydrogens is 610 g/mol. The van der Waals surface area contributed by atoms with E-state index in [4.69, 9.17) is 14.2 Å². The number of ether oxygens (including phenoxy) is 3. The van der Waals surface area contributed by atoms with E-state index in [1.165, 1.54) is 7.11 Å². The van der Waals surface area contributed by atoms with E-state index in [1.54, 1.807) is 0 Å². The van der Waals surface area contributed by atoms with Crippen LogP contribution in [0.1, 0.15) is 40.7 Å². The Morgan fingerprint density at radius 3 is 1.77 bits per heavy atom. The predicted octanol–water partition coefficient (Wildman–Crippen LogP) is 6.80. The summed E-state index contributed by atoms with van der Waals surface area (Å²) in [4.78, 5) is 39.8. The van der Waals surface area contributed by atoms with Gasteiger partial charge in [-0.1, -0.05) is 125 Å². The van der Waals surface area contributed by atoms with E-state index >= 15 is 0 Å². The summed E-state index contributed by atoms with van der Waals surface area (Å²) in [6.07, 6.45) is -1.33. The van der Waals surface area contributed by atoms with Gasteiger partial charge in [-0.25, -0.2) is 9.59 Å². The van der Waals surface area contributed by atoms with Crippen molar-refractivity contribution in [2.45, 2.75) is 24.5 Å². The van der Waals surface area contributed by atoms with Crippen LogP contribution >= 0.6 is 15.9 Å². The van der Waals surface area contributed by atoms with Gasteiger partial charge in [0, 0.05) is 11.2 Å². The Morgan fingerprint density at radius 1 is 0.744 bits per heavy atom. The molecule has 7 nitrogen and oxygen atoms in total. The number of nitrogens with one attached hydrogen (secondary N) is 1. The van der Waals surface area contributed by atoms with E-state index in [2.05, 4.69) is 33.4 Å². The number of amides is 1. The Hall–Kier alpha value is -4.43. The first-order chi connectivity index (χ1) is 21.0. The van der Waals surface area contributed by atoms with E-state index < -0.39 is 36.1 Å². The van der Waals surface area contributed by atoms with Crippen LogP contribution in [-0.4, -0.2) is 43.1 Å². The molecule has 43 heavy (non-hydrogen) atoms. The smallest absolute Gasteiger partial charge is 0.407 e. The lowest BCUT2D eigenvalue weighted by Crippen LogP contribution is -2.50. The molecule has 4 aromatic rings. The maximum Gasteiger partial charge on any atom is 0.407 e. The molecule has 4 aromatic carbocycles. The topological polar surface area (TPSA) is 90.9 Å². The fourth-order valence-electron chi connectivity index (χ4n) is 5.54. The summed E-state index contributed by atoms with van der Waals surface area (Å²) in [5, 5.41) is 2.98. The summed E-state index contributed by atoms with van der Waals surface area (Å²) >= 11 is 3.38. The minimum Gasteiger partial charge on any atom is -0.467 e. The zero-order valence-electron chi connectivity index (χ0n) is 23.7. The molecule has 0 saturated carbocycles. The van der Waals surface area contributed by atoms with Gasteiger partial charge in [-0.15, -0.1) is 0 Å². The van der Waals surface area contributed by atoms with Crippen LogP contribution in [0.15, 0.2) is 109 Å². The molecule has 1 N–H and O–H groups in total. The van der Waals surface area contributed by atoms with Crippen molar-refractivity contribution in [3.05, 3.63) is 131 Å². The van der Waals surface area contributed by atoms with E-state index in [0.29, 0.717) is 5.33 Å². The molecule has 0 aliphatic heterocycles. The lowest BCUT2D eigenvalue weighted by Gasteiger charge is -2.27. The highest BCUT2D eigenvalue weighted by molar-refractivity contribution is 9.09. The summed E-state index contributed by atoms with van der Waals surface area (Å²) in [6.45, 7) is 0.0609. The number of rotatable bonds is 11. The summed E-state index contributed by atoms with van der Waals surface area (Å²) < 4.78 is 16.7. The molecule has 8 heteroatoms. The highest BCUT2D eigenvalue weighted by Gasteiger charge is 2.39. The molecule has 220 valence electrons. The molecule has 0 bridgehead atoms. The van der Waals surface area contributed by atoms with Crippen molar-refractivity contribution in [2.24, 2.45) is 5.92 Å². The largest absolute Gasteiger partial charge is 0.467 e. The fraction of sp³-hybridized carbons (Fsp3) is 0.229. The van der Waals surface area contributed by atoms with Crippen molar-refractivity contribution in [3.63, 3.8) is 0 Å². The minimum absolute atomic E-state index is 0.0609. The van der Waals surface area contributed by atoms with E-state index in [0.717, 1.165) is 33.4 Å². The van der Waals surface area contributed by atoms with Crippen LogP contribution in [0.25, 0.3) is 11.1 Å². The summed E-state index contributed by atoms with van der Waals surface area (Å²) in [7, 11) is 1.21. The Morgan fingerprint density at radius 2 is 1.26 bits per heavy atom. The number of alkyl halides is 1. The highest BCUT2D eigenvalue weighted by atomic mass is 79.9. The fourth-order valence-corrected chi connectivity index (χ4v) is 6.04. The van der Waals surface area contributed by atoms with Gasteiger partial charge in [0.25, 0.3) is 0 Å². The molecule has 0 spiro atoms. The second-order valence-corrected chi connectivity index (χ2v) is 11.0. The van der Waals surface area contributed by atoms with E-state index in [1.807, 2.05) is 97.1 Å². The van der Waals surface area contributed by atoms with Gasteiger partial charge in [0.05, 0.1) is 13.0 Å². The Balaban J connectivity index is 1.33. The average Bonchev–Trinajstić information content (AvgIpc) is 3.38. The molecule has 0 saturated heterocycles. The van der Waals surface area contributed by atoms with Crippen LogP contribution < -0.4 is 5.32 Å². The number of hydrogen-bond donors (Lipinski definition) is 1. The van der Waals surface area contributed by atoms with E-state index in [-0.39, 0.29) is 18.9 Å². The molecule has 0 fully saturated rings. The van der Waals surface area contributed by atoms with Gasteiger partial charge in [0.2, 0.25) is 0 Å². The molecule has 0 aromatic heterocycles. The number of esters is 2.